The SMILES string of the molecule is CC(C(=O)O)c1ccc2c(c1)C(=O)c1cc(Cl)ccc1CS2. The lowest BCUT2D eigenvalue weighted by atomic mass is 9.94. The minimum atomic E-state index is -0.905. The zero-order valence-electron chi connectivity index (χ0n) is 11.8. The van der Waals surface area contributed by atoms with E-state index in [0.29, 0.717) is 27.5 Å². The summed E-state index contributed by atoms with van der Waals surface area (Å²) in [5, 5.41) is 9.67. The maximum atomic E-state index is 12.8. The molecule has 0 saturated carbocycles. The Morgan fingerprint density at radius 2 is 2.00 bits per heavy atom. The summed E-state index contributed by atoms with van der Waals surface area (Å²) in [4.78, 5) is 24.8. The molecule has 0 aliphatic carbocycles. The van der Waals surface area contributed by atoms with E-state index in [2.05, 4.69) is 0 Å². The van der Waals surface area contributed by atoms with Gasteiger partial charge in [0.15, 0.2) is 5.78 Å². The van der Waals surface area contributed by atoms with E-state index in [1.165, 1.54) is 0 Å². The second-order valence-electron chi connectivity index (χ2n) is 5.23. The molecule has 0 bridgehead atoms. The van der Waals surface area contributed by atoms with Gasteiger partial charge in [0, 0.05) is 26.8 Å². The topological polar surface area (TPSA) is 54.4 Å². The summed E-state index contributed by atoms with van der Waals surface area (Å²) in [7, 11) is 0. The number of halogens is 1. The fourth-order valence-electron chi connectivity index (χ4n) is 2.45. The molecule has 1 aliphatic rings. The van der Waals surface area contributed by atoms with Crippen LogP contribution in [0.3, 0.4) is 0 Å². The predicted octanol–water partition coefficient (Wildman–Crippen LogP) is 4.36. The lowest BCUT2D eigenvalue weighted by Gasteiger charge is -2.11. The Hall–Kier alpha value is -1.78. The first-order valence-corrected chi connectivity index (χ1v) is 8.16. The van der Waals surface area contributed by atoms with Gasteiger partial charge in [-0.25, -0.2) is 0 Å². The summed E-state index contributed by atoms with van der Waals surface area (Å²) in [6.45, 7) is 1.61. The van der Waals surface area contributed by atoms with Gasteiger partial charge in [-0.2, -0.15) is 0 Å². The van der Waals surface area contributed by atoms with Crippen molar-refractivity contribution in [3.8, 4) is 0 Å². The second kappa shape index (κ2) is 5.78. The third kappa shape index (κ3) is 2.64. The average molecular weight is 333 g/mol. The number of thioether (sulfide) groups is 1. The number of hydrogen-bond donors (Lipinski definition) is 1. The molecule has 0 fully saturated rings. The highest BCUT2D eigenvalue weighted by Crippen LogP contribution is 2.36. The molecule has 1 N–H and O–H groups in total. The van der Waals surface area contributed by atoms with E-state index in [0.717, 1.165) is 10.5 Å². The van der Waals surface area contributed by atoms with E-state index in [1.807, 2.05) is 12.1 Å². The largest absolute Gasteiger partial charge is 0.481 e. The molecule has 112 valence electrons. The molecule has 1 heterocycles. The van der Waals surface area contributed by atoms with Crippen LogP contribution in [0, 0.1) is 0 Å². The number of carbonyl (C=O) groups is 2. The normalized spacial score (nSPS) is 14.7. The van der Waals surface area contributed by atoms with Crippen LogP contribution in [0.25, 0.3) is 0 Å². The maximum Gasteiger partial charge on any atom is 0.310 e. The number of carbonyl (C=O) groups excluding carboxylic acids is 1. The van der Waals surface area contributed by atoms with Crippen molar-refractivity contribution in [2.24, 2.45) is 0 Å². The fraction of sp³-hybridized carbons (Fsp3) is 0.176. The summed E-state index contributed by atoms with van der Waals surface area (Å²) >= 11 is 7.59. The van der Waals surface area contributed by atoms with Gasteiger partial charge in [0.25, 0.3) is 0 Å². The number of fused-ring (bicyclic) bond motifs is 2. The zero-order chi connectivity index (χ0) is 15.9. The lowest BCUT2D eigenvalue weighted by molar-refractivity contribution is -0.138. The Kier molecular flexibility index (Phi) is 3.98. The Bertz CT molecular complexity index is 785. The van der Waals surface area contributed by atoms with Crippen molar-refractivity contribution in [1.29, 1.82) is 0 Å². The second-order valence-corrected chi connectivity index (χ2v) is 6.69. The summed E-state index contributed by atoms with van der Waals surface area (Å²) < 4.78 is 0. The van der Waals surface area contributed by atoms with Crippen LogP contribution in [-0.2, 0) is 10.5 Å². The first-order chi connectivity index (χ1) is 10.5. The standard InChI is InChI=1S/C17H13ClO3S/c1-9(17(20)21)10-3-5-15-14(6-10)16(19)13-7-12(18)4-2-11(13)8-22-15/h2-7,9H,8H2,1H3,(H,20,21). The van der Waals surface area contributed by atoms with Crippen molar-refractivity contribution in [3.05, 3.63) is 63.7 Å². The summed E-state index contributed by atoms with van der Waals surface area (Å²) in [6.07, 6.45) is 0. The van der Waals surface area contributed by atoms with E-state index in [-0.39, 0.29) is 5.78 Å². The van der Waals surface area contributed by atoms with Crippen LogP contribution in [0.15, 0.2) is 41.3 Å². The number of hydrogen-bond acceptors (Lipinski definition) is 3. The minimum absolute atomic E-state index is 0.100. The quantitative estimate of drug-likeness (QED) is 0.887. The molecular formula is C17H13ClO3S. The highest BCUT2D eigenvalue weighted by molar-refractivity contribution is 7.98. The van der Waals surface area contributed by atoms with Crippen molar-refractivity contribution < 1.29 is 14.7 Å². The Morgan fingerprint density at radius 1 is 1.23 bits per heavy atom. The number of aliphatic carboxylic acids is 1. The average Bonchev–Trinajstić information content (AvgIpc) is 2.64. The van der Waals surface area contributed by atoms with E-state index >= 15 is 0 Å². The van der Waals surface area contributed by atoms with Gasteiger partial charge in [-0.3, -0.25) is 9.59 Å². The van der Waals surface area contributed by atoms with Crippen LogP contribution in [-0.4, -0.2) is 16.9 Å². The number of benzene rings is 2. The van der Waals surface area contributed by atoms with Crippen LogP contribution in [0.2, 0.25) is 5.02 Å². The molecule has 1 unspecified atom stereocenters. The van der Waals surface area contributed by atoms with Crippen molar-refractivity contribution in [2.45, 2.75) is 23.5 Å². The van der Waals surface area contributed by atoms with Gasteiger partial charge in [-0.1, -0.05) is 23.7 Å². The molecule has 1 atom stereocenters. The zero-order valence-corrected chi connectivity index (χ0v) is 13.4. The molecular weight excluding hydrogens is 320 g/mol. The van der Waals surface area contributed by atoms with E-state index < -0.39 is 11.9 Å². The van der Waals surface area contributed by atoms with Gasteiger partial charge in [0.1, 0.15) is 0 Å². The molecule has 0 aromatic heterocycles. The molecule has 0 saturated heterocycles. The Morgan fingerprint density at radius 3 is 2.73 bits per heavy atom. The van der Waals surface area contributed by atoms with Crippen molar-refractivity contribution in [2.75, 3.05) is 0 Å². The van der Waals surface area contributed by atoms with Gasteiger partial charge in [-0.15, -0.1) is 11.8 Å². The van der Waals surface area contributed by atoms with Crippen molar-refractivity contribution >= 4 is 35.1 Å². The van der Waals surface area contributed by atoms with Gasteiger partial charge < -0.3 is 5.11 Å². The first kappa shape index (κ1) is 15.1. The molecule has 3 rings (SSSR count). The van der Waals surface area contributed by atoms with Gasteiger partial charge >= 0.3 is 5.97 Å². The van der Waals surface area contributed by atoms with Crippen molar-refractivity contribution in [3.63, 3.8) is 0 Å². The molecule has 2 aromatic carbocycles. The smallest absolute Gasteiger partial charge is 0.310 e. The fourth-order valence-corrected chi connectivity index (χ4v) is 3.66. The molecule has 22 heavy (non-hydrogen) atoms. The number of carboxylic acids is 1. The molecule has 0 radical (unpaired) electrons. The first-order valence-electron chi connectivity index (χ1n) is 6.80. The minimum Gasteiger partial charge on any atom is -0.481 e. The van der Waals surface area contributed by atoms with Gasteiger partial charge in [0.05, 0.1) is 5.92 Å². The summed E-state index contributed by atoms with van der Waals surface area (Å²) in [5.41, 5.74) is 2.73. The van der Waals surface area contributed by atoms with Crippen molar-refractivity contribution in [1.82, 2.24) is 0 Å². The molecule has 2 aromatic rings. The van der Waals surface area contributed by atoms with Gasteiger partial charge in [-0.05, 0) is 42.3 Å². The highest BCUT2D eigenvalue weighted by atomic mass is 35.5. The molecule has 0 spiro atoms. The number of carboxylic acid groups (broad SMARTS) is 1. The van der Waals surface area contributed by atoms with Crippen LogP contribution >= 0.6 is 23.4 Å². The van der Waals surface area contributed by atoms with Crippen LogP contribution in [0.5, 0.6) is 0 Å². The van der Waals surface area contributed by atoms with E-state index in [9.17, 15) is 9.59 Å². The molecule has 0 amide bonds. The predicted molar refractivity (Wildman–Crippen MR) is 86.9 cm³/mol. The third-order valence-electron chi connectivity index (χ3n) is 3.82. The van der Waals surface area contributed by atoms with E-state index in [1.54, 1.807) is 43.0 Å². The Labute approximate surface area is 137 Å². The monoisotopic (exact) mass is 332 g/mol. The van der Waals surface area contributed by atoms with Crippen LogP contribution in [0.4, 0.5) is 0 Å². The molecule has 3 nitrogen and oxygen atoms in total. The van der Waals surface area contributed by atoms with Crippen LogP contribution in [0.1, 0.15) is 39.9 Å². The van der Waals surface area contributed by atoms with Gasteiger partial charge in [0.2, 0.25) is 0 Å². The molecule has 5 heteroatoms. The lowest BCUT2D eigenvalue weighted by Crippen LogP contribution is -2.10. The van der Waals surface area contributed by atoms with E-state index in [4.69, 9.17) is 16.7 Å². The number of ketones is 1. The van der Waals surface area contributed by atoms with Crippen LogP contribution < -0.4 is 0 Å². The Balaban J connectivity index is 2.12. The summed E-state index contributed by atoms with van der Waals surface area (Å²) in [6, 6.07) is 10.6. The number of rotatable bonds is 2. The maximum absolute atomic E-state index is 12.8. The highest BCUT2D eigenvalue weighted by Gasteiger charge is 2.24. The third-order valence-corrected chi connectivity index (χ3v) is 5.18. The summed E-state index contributed by atoms with van der Waals surface area (Å²) in [5.74, 6) is -0.960. The molecule has 1 aliphatic heterocycles.